The molecule has 0 bridgehead atoms. The third-order valence-corrected chi connectivity index (χ3v) is 5.79. The number of halogens is 1. The lowest BCUT2D eigenvalue weighted by atomic mass is 10.0. The monoisotopic (exact) mass is 438 g/mol. The van der Waals surface area contributed by atoms with E-state index < -0.39 is 6.04 Å². The molecule has 0 aliphatic heterocycles. The summed E-state index contributed by atoms with van der Waals surface area (Å²) in [5.74, 6) is 0.358. The summed E-state index contributed by atoms with van der Waals surface area (Å²) in [6.07, 6.45) is 0.149. The molecule has 0 saturated heterocycles. The summed E-state index contributed by atoms with van der Waals surface area (Å²) in [6.45, 7) is 0.554. The minimum Gasteiger partial charge on any atom is -0.355 e. The first-order chi connectivity index (χ1) is 14.6. The molecule has 0 aliphatic rings. The molecule has 3 rings (SSSR count). The molecule has 3 aromatic carbocycles. The van der Waals surface area contributed by atoms with Crippen LogP contribution in [0.15, 0.2) is 89.8 Å². The van der Waals surface area contributed by atoms with Crippen molar-refractivity contribution >= 4 is 35.2 Å². The summed E-state index contributed by atoms with van der Waals surface area (Å²) >= 11 is 7.83. The molecule has 0 radical (unpaired) electrons. The Morgan fingerprint density at radius 2 is 1.50 bits per heavy atom. The summed E-state index contributed by atoms with van der Waals surface area (Å²) in [7, 11) is 0. The lowest BCUT2D eigenvalue weighted by molar-refractivity contribution is -0.121. The minimum absolute atomic E-state index is 0.114. The third-order valence-electron chi connectivity index (χ3n) is 4.45. The fourth-order valence-corrected chi connectivity index (χ4v) is 3.96. The molecular formula is C24H23ClN2O2S. The van der Waals surface area contributed by atoms with Crippen LogP contribution in [-0.4, -0.2) is 24.1 Å². The standard InChI is InChI=1S/C24H23ClN2O2S/c25-21-14-8-7-13-20(21)24(29)27-22(18-9-3-1-4-10-18)17-23(28)26-15-16-30-19-11-5-2-6-12-19/h1-14,22H,15-17H2,(H,26,28)(H,27,29). The van der Waals surface area contributed by atoms with Crippen LogP contribution in [0.4, 0.5) is 0 Å². The van der Waals surface area contributed by atoms with E-state index in [1.54, 1.807) is 36.0 Å². The van der Waals surface area contributed by atoms with Crippen molar-refractivity contribution in [3.05, 3.63) is 101 Å². The molecule has 0 heterocycles. The van der Waals surface area contributed by atoms with Gasteiger partial charge in [-0.2, -0.15) is 0 Å². The molecule has 2 N–H and O–H groups in total. The first-order valence-corrected chi connectivity index (χ1v) is 11.0. The molecule has 4 nitrogen and oxygen atoms in total. The predicted octanol–water partition coefficient (Wildman–Crippen LogP) is 5.11. The lowest BCUT2D eigenvalue weighted by Crippen LogP contribution is -2.34. The van der Waals surface area contributed by atoms with Crippen molar-refractivity contribution in [2.24, 2.45) is 0 Å². The molecule has 0 spiro atoms. The van der Waals surface area contributed by atoms with Gasteiger partial charge in [-0.05, 0) is 29.8 Å². The maximum atomic E-state index is 12.7. The fraction of sp³-hybridized carbons (Fsp3) is 0.167. The maximum Gasteiger partial charge on any atom is 0.253 e. The average Bonchev–Trinajstić information content (AvgIpc) is 2.78. The Balaban J connectivity index is 1.58. The lowest BCUT2D eigenvalue weighted by Gasteiger charge is -2.19. The highest BCUT2D eigenvalue weighted by Gasteiger charge is 2.20. The highest BCUT2D eigenvalue weighted by Crippen LogP contribution is 2.20. The second-order valence-corrected chi connectivity index (χ2v) is 8.21. The van der Waals surface area contributed by atoms with Crippen molar-refractivity contribution in [1.29, 1.82) is 0 Å². The van der Waals surface area contributed by atoms with Gasteiger partial charge in [0, 0.05) is 17.2 Å². The smallest absolute Gasteiger partial charge is 0.253 e. The van der Waals surface area contributed by atoms with Crippen molar-refractivity contribution < 1.29 is 9.59 Å². The summed E-state index contributed by atoms with van der Waals surface area (Å²) in [5.41, 5.74) is 1.26. The summed E-state index contributed by atoms with van der Waals surface area (Å²) in [5, 5.41) is 6.27. The highest BCUT2D eigenvalue weighted by molar-refractivity contribution is 7.99. The van der Waals surface area contributed by atoms with Gasteiger partial charge in [0.15, 0.2) is 0 Å². The Hall–Kier alpha value is -2.76. The Morgan fingerprint density at radius 3 is 2.20 bits per heavy atom. The van der Waals surface area contributed by atoms with Crippen molar-refractivity contribution in [2.75, 3.05) is 12.3 Å². The van der Waals surface area contributed by atoms with Crippen LogP contribution in [0, 0.1) is 0 Å². The zero-order valence-electron chi connectivity index (χ0n) is 16.4. The number of benzene rings is 3. The predicted molar refractivity (Wildman–Crippen MR) is 123 cm³/mol. The minimum atomic E-state index is -0.447. The topological polar surface area (TPSA) is 58.2 Å². The van der Waals surface area contributed by atoms with E-state index >= 15 is 0 Å². The van der Waals surface area contributed by atoms with Gasteiger partial charge in [0.1, 0.15) is 0 Å². The number of thioether (sulfide) groups is 1. The number of carbonyl (C=O) groups excluding carboxylic acids is 2. The fourth-order valence-electron chi connectivity index (χ4n) is 2.95. The van der Waals surface area contributed by atoms with Crippen LogP contribution in [-0.2, 0) is 4.79 Å². The van der Waals surface area contributed by atoms with Crippen molar-refractivity contribution in [1.82, 2.24) is 10.6 Å². The van der Waals surface area contributed by atoms with E-state index in [9.17, 15) is 9.59 Å². The summed E-state index contributed by atoms with van der Waals surface area (Å²) < 4.78 is 0. The van der Waals surface area contributed by atoms with Crippen LogP contribution in [0.5, 0.6) is 0 Å². The Labute approximate surface area is 186 Å². The zero-order chi connectivity index (χ0) is 21.2. The van der Waals surface area contributed by atoms with Gasteiger partial charge in [-0.1, -0.05) is 72.3 Å². The van der Waals surface area contributed by atoms with Gasteiger partial charge < -0.3 is 10.6 Å². The van der Waals surface area contributed by atoms with E-state index in [1.807, 2.05) is 60.7 Å². The molecule has 30 heavy (non-hydrogen) atoms. The van der Waals surface area contributed by atoms with E-state index in [2.05, 4.69) is 10.6 Å². The molecule has 154 valence electrons. The van der Waals surface area contributed by atoms with Gasteiger partial charge in [-0.3, -0.25) is 9.59 Å². The van der Waals surface area contributed by atoms with Gasteiger partial charge in [0.25, 0.3) is 5.91 Å². The number of nitrogens with one attached hydrogen (secondary N) is 2. The van der Waals surface area contributed by atoms with Crippen LogP contribution < -0.4 is 10.6 Å². The highest BCUT2D eigenvalue weighted by atomic mass is 35.5. The molecule has 0 aromatic heterocycles. The van der Waals surface area contributed by atoms with Gasteiger partial charge in [-0.15, -0.1) is 11.8 Å². The molecule has 0 fully saturated rings. The number of hydrogen-bond acceptors (Lipinski definition) is 3. The third kappa shape index (κ3) is 6.65. The maximum absolute atomic E-state index is 12.7. The SMILES string of the molecule is O=C(CC(NC(=O)c1ccccc1Cl)c1ccccc1)NCCSc1ccccc1. The van der Waals surface area contributed by atoms with Crippen molar-refractivity contribution in [3.63, 3.8) is 0 Å². The van der Waals surface area contributed by atoms with E-state index in [-0.39, 0.29) is 18.2 Å². The molecular weight excluding hydrogens is 416 g/mol. The van der Waals surface area contributed by atoms with Gasteiger partial charge in [0.2, 0.25) is 5.91 Å². The number of amides is 2. The summed E-state index contributed by atoms with van der Waals surface area (Å²) in [4.78, 5) is 26.4. The Kier molecular flexibility index (Phi) is 8.36. The second-order valence-electron chi connectivity index (χ2n) is 6.63. The molecule has 0 saturated carbocycles. The van der Waals surface area contributed by atoms with Gasteiger partial charge in [-0.25, -0.2) is 0 Å². The first kappa shape index (κ1) is 21.9. The number of rotatable bonds is 9. The van der Waals surface area contributed by atoms with Gasteiger partial charge in [0.05, 0.1) is 23.0 Å². The van der Waals surface area contributed by atoms with Crippen LogP contribution in [0.2, 0.25) is 5.02 Å². The van der Waals surface area contributed by atoms with Crippen LogP contribution in [0.1, 0.15) is 28.4 Å². The quantitative estimate of drug-likeness (QED) is 0.360. The largest absolute Gasteiger partial charge is 0.355 e. The second kappa shape index (κ2) is 11.4. The Morgan fingerprint density at radius 1 is 0.867 bits per heavy atom. The molecule has 1 unspecified atom stereocenters. The van der Waals surface area contributed by atoms with E-state index in [0.717, 1.165) is 11.3 Å². The molecule has 2 amide bonds. The average molecular weight is 439 g/mol. The van der Waals surface area contributed by atoms with Crippen LogP contribution in [0.25, 0.3) is 0 Å². The van der Waals surface area contributed by atoms with E-state index in [1.165, 1.54) is 4.90 Å². The number of hydrogen-bond donors (Lipinski definition) is 2. The van der Waals surface area contributed by atoms with Crippen LogP contribution >= 0.6 is 23.4 Å². The molecule has 3 aromatic rings. The zero-order valence-corrected chi connectivity index (χ0v) is 18.0. The summed E-state index contributed by atoms with van der Waals surface area (Å²) in [6, 6.07) is 25.9. The normalized spacial score (nSPS) is 11.5. The van der Waals surface area contributed by atoms with E-state index in [4.69, 9.17) is 11.6 Å². The Bertz CT molecular complexity index is 967. The number of carbonyl (C=O) groups is 2. The van der Waals surface area contributed by atoms with Crippen molar-refractivity contribution in [2.45, 2.75) is 17.4 Å². The van der Waals surface area contributed by atoms with Crippen molar-refractivity contribution in [3.8, 4) is 0 Å². The molecule has 1 atom stereocenters. The van der Waals surface area contributed by atoms with Crippen LogP contribution in [0.3, 0.4) is 0 Å². The van der Waals surface area contributed by atoms with E-state index in [0.29, 0.717) is 17.1 Å². The molecule has 6 heteroatoms. The molecule has 0 aliphatic carbocycles. The van der Waals surface area contributed by atoms with Gasteiger partial charge >= 0.3 is 0 Å². The first-order valence-electron chi connectivity index (χ1n) is 9.68.